The Balaban J connectivity index is 2.34. The van der Waals surface area contributed by atoms with Gasteiger partial charge in [0.25, 0.3) is 6.47 Å². The highest BCUT2D eigenvalue weighted by molar-refractivity contribution is 5.58. The van der Waals surface area contributed by atoms with Crippen molar-refractivity contribution >= 4 is 12.5 Å². The van der Waals surface area contributed by atoms with Crippen molar-refractivity contribution in [2.24, 2.45) is 0 Å². The summed E-state index contributed by atoms with van der Waals surface area (Å²) in [5.74, 6) is 0. The van der Waals surface area contributed by atoms with Gasteiger partial charge in [0, 0.05) is 0 Å². The average molecular weight is 190 g/mol. The molecule has 3 heteroatoms. The first-order chi connectivity index (χ1) is 6.83. The number of fused-ring (bicyclic) bond motifs is 1. The van der Waals surface area contributed by atoms with Gasteiger partial charge in [0.2, 0.25) is 0 Å². The lowest BCUT2D eigenvalue weighted by molar-refractivity contribution is -0.136. The second-order valence-corrected chi connectivity index (χ2v) is 3.13. The molecule has 14 heavy (non-hydrogen) atoms. The van der Waals surface area contributed by atoms with Gasteiger partial charge in [0.05, 0.1) is 0 Å². The Bertz CT molecular complexity index is 371. The summed E-state index contributed by atoms with van der Waals surface area (Å²) in [4.78, 5) is 10.2. The van der Waals surface area contributed by atoms with Gasteiger partial charge in [-0.25, -0.2) is 0 Å². The largest absolute Gasteiger partial charge is 0.457 e. The van der Waals surface area contributed by atoms with E-state index in [2.05, 4.69) is 0 Å². The van der Waals surface area contributed by atoms with Crippen molar-refractivity contribution < 1.29 is 14.6 Å². The van der Waals surface area contributed by atoms with Crippen molar-refractivity contribution in [2.75, 3.05) is 0 Å². The van der Waals surface area contributed by atoms with Crippen LogP contribution in [-0.4, -0.2) is 17.7 Å². The van der Waals surface area contributed by atoms with Crippen LogP contribution in [0, 0.1) is 0 Å². The van der Waals surface area contributed by atoms with E-state index in [0.717, 1.165) is 11.1 Å². The lowest BCUT2D eigenvalue weighted by Crippen LogP contribution is -2.22. The lowest BCUT2D eigenvalue weighted by atomic mass is 9.93. The summed E-state index contributed by atoms with van der Waals surface area (Å²) in [6.07, 6.45) is 2.20. The van der Waals surface area contributed by atoms with Crippen molar-refractivity contribution in [3.63, 3.8) is 0 Å². The van der Waals surface area contributed by atoms with Crippen LogP contribution in [-0.2, 0) is 9.53 Å². The number of carbonyl (C=O) groups is 1. The van der Waals surface area contributed by atoms with Gasteiger partial charge in [-0.1, -0.05) is 30.3 Å². The number of carbonyl (C=O) groups excluding carboxylic acids is 1. The van der Waals surface area contributed by atoms with Crippen LogP contribution in [0.5, 0.6) is 0 Å². The Hall–Kier alpha value is -1.61. The molecule has 1 aliphatic carbocycles. The number of ether oxygens (including phenoxy) is 1. The summed E-state index contributed by atoms with van der Waals surface area (Å²) >= 11 is 0. The van der Waals surface area contributed by atoms with Gasteiger partial charge in [0.15, 0.2) is 0 Å². The molecule has 72 valence electrons. The van der Waals surface area contributed by atoms with Crippen LogP contribution < -0.4 is 0 Å². The van der Waals surface area contributed by atoms with Gasteiger partial charge in [-0.3, -0.25) is 4.79 Å². The fourth-order valence-corrected chi connectivity index (χ4v) is 1.60. The summed E-state index contributed by atoms with van der Waals surface area (Å²) < 4.78 is 4.73. The molecule has 0 aliphatic heterocycles. The zero-order valence-electron chi connectivity index (χ0n) is 7.46. The summed E-state index contributed by atoms with van der Waals surface area (Å²) in [7, 11) is 0. The predicted molar refractivity (Wildman–Crippen MR) is 51.4 cm³/mol. The van der Waals surface area contributed by atoms with Gasteiger partial charge >= 0.3 is 0 Å². The van der Waals surface area contributed by atoms with E-state index in [-0.39, 0.29) is 0 Å². The number of hydrogen-bond acceptors (Lipinski definition) is 3. The van der Waals surface area contributed by atoms with Crippen molar-refractivity contribution in [3.05, 3.63) is 41.5 Å². The van der Waals surface area contributed by atoms with Crippen LogP contribution >= 0.6 is 0 Å². The molecular weight excluding hydrogens is 180 g/mol. The van der Waals surface area contributed by atoms with E-state index in [1.54, 1.807) is 6.08 Å². The maximum Gasteiger partial charge on any atom is 0.293 e. The van der Waals surface area contributed by atoms with Crippen LogP contribution in [0.1, 0.15) is 17.2 Å². The molecule has 0 fully saturated rings. The minimum absolute atomic E-state index is 0.353. The van der Waals surface area contributed by atoms with Gasteiger partial charge in [-0.15, -0.1) is 0 Å². The van der Waals surface area contributed by atoms with E-state index >= 15 is 0 Å². The molecule has 0 aromatic heterocycles. The summed E-state index contributed by atoms with van der Waals surface area (Å²) in [5.41, 5.74) is 1.76. The van der Waals surface area contributed by atoms with E-state index in [0.29, 0.717) is 6.47 Å². The predicted octanol–water partition coefficient (Wildman–Crippen LogP) is 1.29. The molecule has 0 radical (unpaired) electrons. The molecule has 2 rings (SSSR count). The first kappa shape index (κ1) is 8.97. The van der Waals surface area contributed by atoms with Gasteiger partial charge in [0.1, 0.15) is 12.2 Å². The van der Waals surface area contributed by atoms with E-state index in [1.807, 2.05) is 30.3 Å². The number of rotatable bonds is 2. The fraction of sp³-hybridized carbons (Fsp3) is 0.182. The Morgan fingerprint density at radius 2 is 2.14 bits per heavy atom. The first-order valence-corrected chi connectivity index (χ1v) is 4.37. The molecule has 3 nitrogen and oxygen atoms in total. The molecule has 1 N–H and O–H groups in total. The van der Waals surface area contributed by atoms with Crippen LogP contribution in [0.2, 0.25) is 0 Å². The fourth-order valence-electron chi connectivity index (χ4n) is 1.60. The third-order valence-electron chi connectivity index (χ3n) is 2.30. The molecule has 0 spiro atoms. The molecule has 1 aliphatic rings. The van der Waals surface area contributed by atoms with E-state index < -0.39 is 12.2 Å². The highest BCUT2D eigenvalue weighted by atomic mass is 16.5. The Morgan fingerprint density at radius 1 is 1.36 bits per heavy atom. The standard InChI is InChI=1S/C11H10O3/c12-7-14-10-6-5-8-3-1-2-4-9(8)11(10)13/h1-7,10-11,13H/t10-,11-/m1/s1. The lowest BCUT2D eigenvalue weighted by Gasteiger charge is -2.23. The molecule has 0 bridgehead atoms. The van der Waals surface area contributed by atoms with E-state index in [9.17, 15) is 9.90 Å². The average Bonchev–Trinajstić information content (AvgIpc) is 2.23. The van der Waals surface area contributed by atoms with E-state index in [4.69, 9.17) is 4.74 Å². The third kappa shape index (κ3) is 1.42. The van der Waals surface area contributed by atoms with Crippen molar-refractivity contribution in [1.82, 2.24) is 0 Å². The molecule has 1 aromatic rings. The highest BCUT2D eigenvalue weighted by Crippen LogP contribution is 2.28. The third-order valence-corrected chi connectivity index (χ3v) is 2.30. The molecule has 2 atom stereocenters. The van der Waals surface area contributed by atoms with Gasteiger partial charge in [-0.2, -0.15) is 0 Å². The summed E-state index contributed by atoms with van der Waals surface area (Å²) in [6.45, 7) is 0.353. The Morgan fingerprint density at radius 3 is 2.93 bits per heavy atom. The smallest absolute Gasteiger partial charge is 0.293 e. The molecule has 0 amide bonds. The second-order valence-electron chi connectivity index (χ2n) is 3.13. The van der Waals surface area contributed by atoms with Gasteiger partial charge < -0.3 is 9.84 Å². The number of hydrogen-bond donors (Lipinski definition) is 1. The molecule has 0 heterocycles. The second kappa shape index (κ2) is 3.64. The normalized spacial score (nSPS) is 24.1. The highest BCUT2D eigenvalue weighted by Gasteiger charge is 2.24. The zero-order chi connectivity index (χ0) is 9.97. The molecule has 0 unspecified atom stereocenters. The first-order valence-electron chi connectivity index (χ1n) is 4.37. The van der Waals surface area contributed by atoms with Crippen LogP contribution in [0.3, 0.4) is 0 Å². The maximum absolute atomic E-state index is 10.2. The van der Waals surface area contributed by atoms with Crippen molar-refractivity contribution in [3.8, 4) is 0 Å². The van der Waals surface area contributed by atoms with Gasteiger partial charge in [-0.05, 0) is 17.2 Å². The maximum atomic E-state index is 10.2. The minimum Gasteiger partial charge on any atom is -0.457 e. The monoisotopic (exact) mass is 190 g/mol. The summed E-state index contributed by atoms with van der Waals surface area (Å²) in [5, 5.41) is 9.82. The minimum atomic E-state index is -0.763. The SMILES string of the molecule is O=CO[C@@H]1C=Cc2ccccc2[C@H]1O. The molecule has 0 saturated carbocycles. The van der Waals surface area contributed by atoms with Crippen LogP contribution in [0.15, 0.2) is 30.3 Å². The number of benzene rings is 1. The molecular formula is C11H10O3. The van der Waals surface area contributed by atoms with Crippen LogP contribution in [0.4, 0.5) is 0 Å². The molecule has 0 saturated heterocycles. The molecule has 1 aromatic carbocycles. The number of aliphatic hydroxyl groups excluding tert-OH is 1. The topological polar surface area (TPSA) is 46.5 Å². The quantitative estimate of drug-likeness (QED) is 0.715. The summed E-state index contributed by atoms with van der Waals surface area (Å²) in [6, 6.07) is 7.48. The number of aliphatic hydroxyl groups is 1. The Kier molecular flexibility index (Phi) is 2.33. The van der Waals surface area contributed by atoms with E-state index in [1.165, 1.54) is 0 Å². The van der Waals surface area contributed by atoms with Crippen molar-refractivity contribution in [1.29, 1.82) is 0 Å². The Labute approximate surface area is 81.6 Å². The zero-order valence-corrected chi connectivity index (χ0v) is 7.46. The van der Waals surface area contributed by atoms with Crippen molar-refractivity contribution in [2.45, 2.75) is 12.2 Å². The van der Waals surface area contributed by atoms with Crippen LogP contribution in [0.25, 0.3) is 6.08 Å².